The summed E-state index contributed by atoms with van der Waals surface area (Å²) < 4.78 is 3.96. The zero-order chi connectivity index (χ0) is 12.6. The average molecular weight is 298 g/mol. The molecule has 0 spiro atoms. The highest BCUT2D eigenvalue weighted by Gasteiger charge is 2.12. The van der Waals surface area contributed by atoms with Crippen LogP contribution in [0.4, 0.5) is 5.69 Å². The van der Waals surface area contributed by atoms with Crippen LogP contribution >= 0.6 is 15.9 Å². The maximum absolute atomic E-state index is 11.6. The van der Waals surface area contributed by atoms with E-state index in [4.69, 9.17) is 5.73 Å². The van der Waals surface area contributed by atoms with E-state index in [9.17, 15) is 4.79 Å². The second-order valence-corrected chi connectivity index (χ2v) is 4.55. The molecule has 7 heteroatoms. The number of nitrogens with zero attached hydrogens (tertiary/aromatic N) is 4. The topological polar surface area (TPSA) is 78.7 Å². The first-order valence-electron chi connectivity index (χ1n) is 4.99. The molecular weight excluding hydrogens is 286 g/mol. The normalized spacial score (nSPS) is 10.8. The van der Waals surface area contributed by atoms with E-state index >= 15 is 0 Å². The summed E-state index contributed by atoms with van der Waals surface area (Å²) in [5, 5.41) is 8.24. The largest absolute Gasteiger partial charge is 0.397 e. The van der Waals surface area contributed by atoms with Gasteiger partial charge in [0.15, 0.2) is 0 Å². The van der Waals surface area contributed by atoms with Gasteiger partial charge in [0.05, 0.1) is 34.3 Å². The lowest BCUT2D eigenvalue weighted by Gasteiger charge is -2.05. The van der Waals surface area contributed by atoms with Gasteiger partial charge in [-0.05, 0) is 22.9 Å². The van der Waals surface area contributed by atoms with Crippen molar-refractivity contribution in [3.05, 3.63) is 38.5 Å². The molecule has 0 fully saturated rings. The highest BCUT2D eigenvalue weighted by molar-refractivity contribution is 9.10. The maximum atomic E-state index is 11.6. The molecule has 2 rings (SSSR count). The Labute approximate surface area is 106 Å². The maximum Gasteiger partial charge on any atom is 0.269 e. The summed E-state index contributed by atoms with van der Waals surface area (Å²) in [4.78, 5) is 11.6. The second-order valence-electron chi connectivity index (χ2n) is 3.75. The summed E-state index contributed by atoms with van der Waals surface area (Å²) in [6, 6.07) is 1.35. The van der Waals surface area contributed by atoms with E-state index in [-0.39, 0.29) is 5.56 Å². The Morgan fingerprint density at radius 2 is 2.24 bits per heavy atom. The monoisotopic (exact) mass is 297 g/mol. The van der Waals surface area contributed by atoms with Crippen molar-refractivity contribution in [1.29, 1.82) is 0 Å². The highest BCUT2D eigenvalue weighted by Crippen LogP contribution is 2.20. The van der Waals surface area contributed by atoms with Crippen LogP contribution in [-0.2, 0) is 13.6 Å². The van der Waals surface area contributed by atoms with Crippen LogP contribution in [-0.4, -0.2) is 19.6 Å². The zero-order valence-corrected chi connectivity index (χ0v) is 11.1. The number of aryl methyl sites for hydroxylation is 2. The van der Waals surface area contributed by atoms with Crippen LogP contribution in [0, 0.1) is 6.92 Å². The molecule has 17 heavy (non-hydrogen) atoms. The van der Waals surface area contributed by atoms with Crippen LogP contribution in [0.3, 0.4) is 0 Å². The van der Waals surface area contributed by atoms with Crippen molar-refractivity contribution in [1.82, 2.24) is 19.6 Å². The predicted octanol–water partition coefficient (Wildman–Crippen LogP) is 0.678. The molecule has 6 nitrogen and oxygen atoms in total. The molecule has 2 heterocycles. The van der Waals surface area contributed by atoms with Crippen LogP contribution in [0.25, 0.3) is 0 Å². The van der Waals surface area contributed by atoms with Gasteiger partial charge in [-0.25, -0.2) is 4.68 Å². The van der Waals surface area contributed by atoms with Gasteiger partial charge in [0.25, 0.3) is 5.56 Å². The van der Waals surface area contributed by atoms with E-state index in [1.165, 1.54) is 16.9 Å². The Kier molecular flexibility index (Phi) is 3.01. The minimum atomic E-state index is -0.226. The smallest absolute Gasteiger partial charge is 0.269 e. The Hall–Kier alpha value is -1.63. The first kappa shape index (κ1) is 11.8. The quantitative estimate of drug-likeness (QED) is 0.884. The van der Waals surface area contributed by atoms with Gasteiger partial charge in [0.2, 0.25) is 0 Å². The Bertz CT molecular complexity index is 616. The van der Waals surface area contributed by atoms with E-state index in [0.717, 1.165) is 15.9 Å². The van der Waals surface area contributed by atoms with Crippen molar-refractivity contribution in [3.63, 3.8) is 0 Å². The van der Waals surface area contributed by atoms with Gasteiger partial charge in [0.1, 0.15) is 0 Å². The van der Waals surface area contributed by atoms with Gasteiger partial charge in [-0.2, -0.15) is 10.2 Å². The van der Waals surface area contributed by atoms with Crippen LogP contribution in [0.15, 0.2) is 21.5 Å². The number of nitrogens with two attached hydrogens (primary N) is 1. The molecule has 90 valence electrons. The number of hydrogen-bond donors (Lipinski definition) is 1. The molecule has 0 radical (unpaired) electrons. The third kappa shape index (κ3) is 2.23. The molecule has 0 amide bonds. The van der Waals surface area contributed by atoms with E-state index in [1.807, 2.05) is 14.0 Å². The molecule has 2 aromatic rings. The van der Waals surface area contributed by atoms with Gasteiger partial charge in [-0.1, -0.05) is 0 Å². The van der Waals surface area contributed by atoms with Crippen LogP contribution in [0.1, 0.15) is 11.4 Å². The SMILES string of the molecule is Cc1nn(C)c(Cn2ncc(N)cc2=O)c1Br. The van der Waals surface area contributed by atoms with Gasteiger partial charge < -0.3 is 5.73 Å². The summed E-state index contributed by atoms with van der Waals surface area (Å²) in [5.41, 5.74) is 7.39. The Morgan fingerprint density at radius 1 is 1.53 bits per heavy atom. The number of hydrogen-bond acceptors (Lipinski definition) is 4. The number of anilines is 1. The lowest BCUT2D eigenvalue weighted by atomic mass is 10.3. The second kappa shape index (κ2) is 4.33. The molecule has 0 saturated carbocycles. The fourth-order valence-electron chi connectivity index (χ4n) is 1.56. The van der Waals surface area contributed by atoms with E-state index in [1.54, 1.807) is 4.68 Å². The van der Waals surface area contributed by atoms with E-state index in [2.05, 4.69) is 26.1 Å². The lowest BCUT2D eigenvalue weighted by Crippen LogP contribution is -2.24. The molecule has 2 N–H and O–H groups in total. The fraction of sp³-hybridized carbons (Fsp3) is 0.300. The summed E-state index contributed by atoms with van der Waals surface area (Å²) in [6.45, 7) is 2.25. The van der Waals surface area contributed by atoms with Crippen molar-refractivity contribution in [2.24, 2.45) is 7.05 Å². The molecular formula is C10H12BrN5O. The van der Waals surface area contributed by atoms with Crippen LogP contribution < -0.4 is 11.3 Å². The molecule has 0 bridgehead atoms. The van der Waals surface area contributed by atoms with Gasteiger partial charge in [0, 0.05) is 13.1 Å². The van der Waals surface area contributed by atoms with Gasteiger partial charge in [-0.15, -0.1) is 0 Å². The minimum Gasteiger partial charge on any atom is -0.397 e. The number of nitrogen functional groups attached to an aromatic ring is 1. The molecule has 0 saturated heterocycles. The molecule has 2 aromatic heterocycles. The van der Waals surface area contributed by atoms with Crippen LogP contribution in [0.5, 0.6) is 0 Å². The fourth-order valence-corrected chi connectivity index (χ4v) is 2.02. The molecule has 0 aliphatic heterocycles. The summed E-state index contributed by atoms with van der Waals surface area (Å²) >= 11 is 3.45. The highest BCUT2D eigenvalue weighted by atomic mass is 79.9. The molecule has 0 aromatic carbocycles. The first-order chi connectivity index (χ1) is 7.99. The Morgan fingerprint density at radius 3 is 2.76 bits per heavy atom. The third-order valence-corrected chi connectivity index (χ3v) is 3.48. The average Bonchev–Trinajstić information content (AvgIpc) is 2.48. The first-order valence-corrected chi connectivity index (χ1v) is 5.79. The third-order valence-electron chi connectivity index (χ3n) is 2.45. The standard InChI is InChI=1S/C10H12BrN5O/c1-6-10(11)8(15(2)14-6)5-16-9(17)3-7(12)4-13-16/h3-4H,5,12H2,1-2H3. The van der Waals surface area contributed by atoms with Crippen molar-refractivity contribution in [3.8, 4) is 0 Å². The predicted molar refractivity (Wildman–Crippen MR) is 67.7 cm³/mol. The van der Waals surface area contributed by atoms with Crippen molar-refractivity contribution in [2.75, 3.05) is 5.73 Å². The number of halogens is 1. The summed E-state index contributed by atoms with van der Waals surface area (Å²) in [5.74, 6) is 0. The molecule has 0 aliphatic rings. The Balaban J connectivity index is 2.41. The molecule has 0 unspecified atom stereocenters. The molecule has 0 atom stereocenters. The van der Waals surface area contributed by atoms with Crippen molar-refractivity contribution in [2.45, 2.75) is 13.5 Å². The molecule has 0 aliphatic carbocycles. The van der Waals surface area contributed by atoms with Gasteiger partial charge in [-0.3, -0.25) is 9.48 Å². The van der Waals surface area contributed by atoms with E-state index < -0.39 is 0 Å². The van der Waals surface area contributed by atoms with E-state index in [0.29, 0.717) is 12.2 Å². The number of aromatic nitrogens is 4. The lowest BCUT2D eigenvalue weighted by molar-refractivity contribution is 0.590. The van der Waals surface area contributed by atoms with Crippen LogP contribution in [0.2, 0.25) is 0 Å². The van der Waals surface area contributed by atoms with Crippen molar-refractivity contribution < 1.29 is 0 Å². The van der Waals surface area contributed by atoms with Crippen molar-refractivity contribution >= 4 is 21.6 Å². The minimum absolute atomic E-state index is 0.226. The summed E-state index contributed by atoms with van der Waals surface area (Å²) in [7, 11) is 1.83. The van der Waals surface area contributed by atoms with Gasteiger partial charge >= 0.3 is 0 Å². The summed E-state index contributed by atoms with van der Waals surface area (Å²) in [6.07, 6.45) is 1.46. The number of rotatable bonds is 2. The zero-order valence-electron chi connectivity index (χ0n) is 9.51.